The fourth-order valence-corrected chi connectivity index (χ4v) is 4.02. The highest BCUT2D eigenvalue weighted by atomic mass is 16.3. The molecule has 3 heteroatoms. The van der Waals surface area contributed by atoms with E-state index < -0.39 is 0 Å². The summed E-state index contributed by atoms with van der Waals surface area (Å²) in [6, 6.07) is 0. The van der Waals surface area contributed by atoms with Crippen molar-refractivity contribution in [2.24, 2.45) is 11.8 Å². The van der Waals surface area contributed by atoms with Gasteiger partial charge in [-0.2, -0.15) is 0 Å². The molecular weight excluding hydrogens is 248 g/mol. The van der Waals surface area contributed by atoms with Gasteiger partial charge in [0.2, 0.25) is 0 Å². The van der Waals surface area contributed by atoms with Gasteiger partial charge in [-0.15, -0.1) is 0 Å². The monoisotopic (exact) mass is 282 g/mol. The molecule has 0 radical (unpaired) electrons. The van der Waals surface area contributed by atoms with Crippen molar-refractivity contribution in [3.05, 3.63) is 0 Å². The van der Waals surface area contributed by atoms with Crippen LogP contribution in [0, 0.1) is 11.8 Å². The van der Waals surface area contributed by atoms with Crippen molar-refractivity contribution in [3.8, 4) is 0 Å². The topological polar surface area (TPSA) is 35.5 Å². The standard InChI is InChI=1S/C17H34N2O/c1-3-10-18-17(2,14-20)9-4-5-11-19-12-15-7-6-8-16(15)13-19/h15-16,18,20H,3-14H2,1-2H3. The van der Waals surface area contributed by atoms with Crippen LogP contribution in [0.2, 0.25) is 0 Å². The van der Waals surface area contributed by atoms with Crippen LogP contribution in [0.4, 0.5) is 0 Å². The van der Waals surface area contributed by atoms with E-state index in [9.17, 15) is 5.11 Å². The molecule has 0 aromatic heterocycles. The Labute approximate surface area is 125 Å². The lowest BCUT2D eigenvalue weighted by molar-refractivity contribution is 0.161. The summed E-state index contributed by atoms with van der Waals surface area (Å²) >= 11 is 0. The summed E-state index contributed by atoms with van der Waals surface area (Å²) in [7, 11) is 0. The van der Waals surface area contributed by atoms with Crippen LogP contribution in [0.15, 0.2) is 0 Å². The number of hydrogen-bond donors (Lipinski definition) is 2. The van der Waals surface area contributed by atoms with Crippen LogP contribution >= 0.6 is 0 Å². The van der Waals surface area contributed by atoms with E-state index in [4.69, 9.17) is 0 Å². The molecule has 3 unspecified atom stereocenters. The van der Waals surface area contributed by atoms with E-state index in [0.29, 0.717) is 0 Å². The van der Waals surface area contributed by atoms with E-state index >= 15 is 0 Å². The molecule has 3 nitrogen and oxygen atoms in total. The third kappa shape index (κ3) is 4.44. The molecule has 2 N–H and O–H groups in total. The Morgan fingerprint density at radius 2 is 1.90 bits per heavy atom. The average Bonchev–Trinajstić information content (AvgIpc) is 3.02. The lowest BCUT2D eigenvalue weighted by Crippen LogP contribution is -2.46. The summed E-state index contributed by atoms with van der Waals surface area (Å²) < 4.78 is 0. The zero-order chi connectivity index (χ0) is 14.4. The molecule has 0 amide bonds. The molecule has 1 aliphatic heterocycles. The largest absolute Gasteiger partial charge is 0.394 e. The van der Waals surface area contributed by atoms with E-state index in [1.807, 2.05) is 0 Å². The SMILES string of the molecule is CCCNC(C)(CO)CCCCN1CC2CCCC2C1. The molecule has 2 fully saturated rings. The van der Waals surface area contributed by atoms with Crippen molar-refractivity contribution in [1.29, 1.82) is 0 Å². The van der Waals surface area contributed by atoms with Crippen LogP contribution < -0.4 is 5.32 Å². The van der Waals surface area contributed by atoms with Gasteiger partial charge in [-0.25, -0.2) is 0 Å². The van der Waals surface area contributed by atoms with E-state index in [1.54, 1.807) is 0 Å². The van der Waals surface area contributed by atoms with Crippen LogP contribution in [0.5, 0.6) is 0 Å². The van der Waals surface area contributed by atoms with Gasteiger partial charge in [-0.05, 0) is 64.0 Å². The molecule has 1 saturated carbocycles. The number of unbranched alkanes of at least 4 members (excludes halogenated alkanes) is 1. The number of hydrogen-bond acceptors (Lipinski definition) is 3. The molecule has 3 atom stereocenters. The molecule has 1 heterocycles. The zero-order valence-electron chi connectivity index (χ0n) is 13.5. The maximum absolute atomic E-state index is 9.56. The van der Waals surface area contributed by atoms with E-state index in [0.717, 1.165) is 31.2 Å². The second-order valence-corrected chi connectivity index (χ2v) is 7.31. The fourth-order valence-electron chi connectivity index (χ4n) is 4.02. The summed E-state index contributed by atoms with van der Waals surface area (Å²) in [6.45, 7) is 9.57. The molecule has 2 rings (SSSR count). The fraction of sp³-hybridized carbons (Fsp3) is 1.00. The Bertz CT molecular complexity index is 272. The number of fused-ring (bicyclic) bond motifs is 1. The molecule has 1 saturated heterocycles. The Morgan fingerprint density at radius 3 is 2.50 bits per heavy atom. The number of aliphatic hydroxyl groups is 1. The van der Waals surface area contributed by atoms with Crippen molar-refractivity contribution in [1.82, 2.24) is 10.2 Å². The number of aliphatic hydroxyl groups excluding tert-OH is 1. The highest BCUT2D eigenvalue weighted by Crippen LogP contribution is 2.37. The van der Waals surface area contributed by atoms with Gasteiger partial charge < -0.3 is 15.3 Å². The quantitative estimate of drug-likeness (QED) is 0.638. The third-order valence-corrected chi connectivity index (χ3v) is 5.41. The van der Waals surface area contributed by atoms with Crippen LogP contribution in [0.3, 0.4) is 0 Å². The van der Waals surface area contributed by atoms with Crippen molar-refractivity contribution < 1.29 is 5.11 Å². The lowest BCUT2D eigenvalue weighted by Gasteiger charge is -2.29. The van der Waals surface area contributed by atoms with E-state index in [-0.39, 0.29) is 12.1 Å². The van der Waals surface area contributed by atoms with Gasteiger partial charge in [-0.3, -0.25) is 0 Å². The first-order valence-corrected chi connectivity index (χ1v) is 8.75. The summed E-state index contributed by atoms with van der Waals surface area (Å²) in [6.07, 6.45) is 9.15. The highest BCUT2D eigenvalue weighted by molar-refractivity contribution is 4.88. The van der Waals surface area contributed by atoms with Crippen LogP contribution in [0.25, 0.3) is 0 Å². The maximum atomic E-state index is 9.56. The van der Waals surface area contributed by atoms with Crippen molar-refractivity contribution in [3.63, 3.8) is 0 Å². The highest BCUT2D eigenvalue weighted by Gasteiger charge is 2.35. The predicted molar refractivity (Wildman–Crippen MR) is 84.9 cm³/mol. The Morgan fingerprint density at radius 1 is 1.20 bits per heavy atom. The minimum atomic E-state index is -0.0719. The number of nitrogens with zero attached hydrogens (tertiary/aromatic N) is 1. The van der Waals surface area contributed by atoms with Crippen molar-refractivity contribution in [2.45, 2.75) is 64.3 Å². The molecule has 0 spiro atoms. The van der Waals surface area contributed by atoms with Crippen LogP contribution in [-0.4, -0.2) is 48.3 Å². The summed E-state index contributed by atoms with van der Waals surface area (Å²) in [4.78, 5) is 2.68. The van der Waals surface area contributed by atoms with Gasteiger partial charge >= 0.3 is 0 Å². The van der Waals surface area contributed by atoms with Gasteiger partial charge in [0.25, 0.3) is 0 Å². The zero-order valence-corrected chi connectivity index (χ0v) is 13.5. The average molecular weight is 282 g/mol. The Balaban J connectivity index is 1.59. The Kier molecular flexibility index (Phi) is 6.31. The summed E-state index contributed by atoms with van der Waals surface area (Å²) in [5, 5.41) is 13.1. The summed E-state index contributed by atoms with van der Waals surface area (Å²) in [5.74, 6) is 2.04. The van der Waals surface area contributed by atoms with Gasteiger partial charge in [0, 0.05) is 18.6 Å². The van der Waals surface area contributed by atoms with E-state index in [2.05, 4.69) is 24.1 Å². The molecule has 118 valence electrons. The number of rotatable bonds is 9. The molecule has 0 aromatic carbocycles. The Hall–Kier alpha value is -0.120. The normalized spacial score (nSPS) is 29.6. The van der Waals surface area contributed by atoms with E-state index in [1.165, 1.54) is 51.7 Å². The van der Waals surface area contributed by atoms with Gasteiger partial charge in [0.15, 0.2) is 0 Å². The minimum Gasteiger partial charge on any atom is -0.394 e. The third-order valence-electron chi connectivity index (χ3n) is 5.41. The van der Waals surface area contributed by atoms with Gasteiger partial charge in [-0.1, -0.05) is 19.8 Å². The first-order chi connectivity index (χ1) is 9.67. The summed E-state index contributed by atoms with van der Waals surface area (Å²) in [5.41, 5.74) is -0.0719. The second-order valence-electron chi connectivity index (χ2n) is 7.31. The van der Waals surface area contributed by atoms with Gasteiger partial charge in [0.05, 0.1) is 6.61 Å². The maximum Gasteiger partial charge on any atom is 0.0610 e. The van der Waals surface area contributed by atoms with Gasteiger partial charge in [0.1, 0.15) is 0 Å². The minimum absolute atomic E-state index is 0.0719. The lowest BCUT2D eigenvalue weighted by atomic mass is 9.95. The first-order valence-electron chi connectivity index (χ1n) is 8.75. The molecular formula is C17H34N2O. The molecule has 1 aliphatic carbocycles. The smallest absolute Gasteiger partial charge is 0.0610 e. The molecule has 0 aromatic rings. The van der Waals surface area contributed by atoms with Crippen molar-refractivity contribution in [2.75, 3.05) is 32.8 Å². The number of nitrogens with one attached hydrogen (secondary N) is 1. The van der Waals surface area contributed by atoms with Crippen LogP contribution in [-0.2, 0) is 0 Å². The molecule has 20 heavy (non-hydrogen) atoms. The number of likely N-dealkylation sites (tertiary alicyclic amines) is 1. The molecule has 2 aliphatic rings. The predicted octanol–water partition coefficient (Wildman–Crippen LogP) is 2.64. The first kappa shape index (κ1) is 16.3. The molecule has 0 bridgehead atoms. The second kappa shape index (κ2) is 7.77. The van der Waals surface area contributed by atoms with Crippen LogP contribution in [0.1, 0.15) is 58.8 Å². The van der Waals surface area contributed by atoms with Crippen molar-refractivity contribution >= 4 is 0 Å².